The molecule has 0 aliphatic carbocycles. The smallest absolute Gasteiger partial charge is 0.237 e. The highest BCUT2D eigenvalue weighted by Crippen LogP contribution is 2.23. The molecule has 0 radical (unpaired) electrons. The highest BCUT2D eigenvalue weighted by atomic mass is 16.5. The maximum atomic E-state index is 13.9. The molecule has 4 rings (SSSR count). The van der Waals surface area contributed by atoms with Crippen LogP contribution in [-0.2, 0) is 34.5 Å². The molecule has 2 heterocycles. The number of H-pyrrole nitrogens is 1. The summed E-state index contributed by atoms with van der Waals surface area (Å²) < 4.78 is 11.0. The van der Waals surface area contributed by atoms with Gasteiger partial charge in [-0.05, 0) is 59.7 Å². The van der Waals surface area contributed by atoms with E-state index < -0.39 is 6.10 Å². The first-order valence-corrected chi connectivity index (χ1v) is 15.2. The van der Waals surface area contributed by atoms with E-state index in [0.29, 0.717) is 26.2 Å². The lowest BCUT2D eigenvalue weighted by molar-refractivity contribution is -0.133. The number of fused-ring (bicyclic) bond motifs is 1. The molecule has 0 aliphatic rings. The molecule has 0 saturated carbocycles. The Bertz CT molecular complexity index is 1360. The van der Waals surface area contributed by atoms with Gasteiger partial charge in [0.2, 0.25) is 5.91 Å². The van der Waals surface area contributed by atoms with Crippen LogP contribution in [0.5, 0.6) is 0 Å². The zero-order valence-electron chi connectivity index (χ0n) is 25.6. The van der Waals surface area contributed by atoms with Crippen molar-refractivity contribution >= 4 is 16.8 Å². The maximum Gasteiger partial charge on any atom is 0.237 e. The first-order valence-electron chi connectivity index (χ1n) is 15.2. The summed E-state index contributed by atoms with van der Waals surface area (Å²) in [5.74, 6) is 0.788. The molecule has 2 N–H and O–H groups in total. The number of hydrogen-bond donors (Lipinski definition) is 2. The van der Waals surface area contributed by atoms with E-state index in [-0.39, 0.29) is 24.5 Å². The molecule has 0 bridgehead atoms. The summed E-state index contributed by atoms with van der Waals surface area (Å²) in [7, 11) is 0. The predicted molar refractivity (Wildman–Crippen MR) is 168 cm³/mol. The Labute approximate surface area is 250 Å². The van der Waals surface area contributed by atoms with Crippen LogP contribution in [0.1, 0.15) is 63.0 Å². The van der Waals surface area contributed by atoms with Crippen molar-refractivity contribution in [1.29, 1.82) is 0 Å². The van der Waals surface area contributed by atoms with Crippen LogP contribution in [0.15, 0.2) is 77.5 Å². The summed E-state index contributed by atoms with van der Waals surface area (Å²) in [6.45, 7) is 11.8. The Morgan fingerprint density at radius 3 is 2.55 bits per heavy atom. The number of aliphatic hydroxyl groups excluding tert-OH is 1. The average Bonchev–Trinajstić information content (AvgIpc) is 3.64. The Morgan fingerprint density at radius 1 is 1.05 bits per heavy atom. The van der Waals surface area contributed by atoms with Crippen molar-refractivity contribution < 1.29 is 19.1 Å². The second-order valence-electron chi connectivity index (χ2n) is 12.2. The van der Waals surface area contributed by atoms with Gasteiger partial charge in [-0.3, -0.25) is 9.69 Å². The van der Waals surface area contributed by atoms with Crippen LogP contribution in [0.3, 0.4) is 0 Å². The Hall–Kier alpha value is -3.39. The third kappa shape index (κ3) is 9.31. The number of benzene rings is 2. The summed E-state index contributed by atoms with van der Waals surface area (Å²) in [5, 5.41) is 11.9. The van der Waals surface area contributed by atoms with Gasteiger partial charge in [-0.15, -0.1) is 0 Å². The first kappa shape index (κ1) is 31.5. The van der Waals surface area contributed by atoms with E-state index in [1.54, 1.807) is 6.26 Å². The van der Waals surface area contributed by atoms with Gasteiger partial charge in [0.05, 0.1) is 25.5 Å². The van der Waals surface area contributed by atoms with Crippen LogP contribution in [0, 0.1) is 0 Å². The molecule has 4 aromatic rings. The van der Waals surface area contributed by atoms with E-state index in [1.165, 1.54) is 16.5 Å². The number of hydrogen-bond acceptors (Lipinski definition) is 5. The van der Waals surface area contributed by atoms with Gasteiger partial charge < -0.3 is 24.1 Å². The van der Waals surface area contributed by atoms with Crippen molar-refractivity contribution in [2.45, 2.75) is 71.6 Å². The largest absolute Gasteiger partial charge is 0.467 e. The van der Waals surface area contributed by atoms with Crippen molar-refractivity contribution in [3.63, 3.8) is 0 Å². The maximum absolute atomic E-state index is 13.9. The van der Waals surface area contributed by atoms with Crippen molar-refractivity contribution in [2.24, 2.45) is 0 Å². The molecule has 7 heteroatoms. The monoisotopic (exact) mass is 573 g/mol. The van der Waals surface area contributed by atoms with Crippen LogP contribution in [-0.4, -0.2) is 64.7 Å². The van der Waals surface area contributed by atoms with E-state index in [4.69, 9.17) is 9.15 Å². The van der Waals surface area contributed by atoms with Crippen LogP contribution in [0.25, 0.3) is 10.9 Å². The Morgan fingerprint density at radius 2 is 1.83 bits per heavy atom. The molecule has 7 nitrogen and oxygen atoms in total. The number of para-hydroxylation sites is 1. The van der Waals surface area contributed by atoms with Gasteiger partial charge in [0.15, 0.2) is 0 Å². The molecule has 1 atom stereocenters. The number of carbonyl (C=O) groups excluding carboxylic acids is 1. The molecule has 226 valence electrons. The molecular weight excluding hydrogens is 526 g/mol. The van der Waals surface area contributed by atoms with Gasteiger partial charge in [0.1, 0.15) is 12.4 Å². The van der Waals surface area contributed by atoms with Crippen molar-refractivity contribution in [3.05, 3.63) is 95.6 Å². The fourth-order valence-corrected chi connectivity index (χ4v) is 5.17. The number of furan rings is 1. The molecule has 2 aromatic carbocycles. The summed E-state index contributed by atoms with van der Waals surface area (Å²) in [6.07, 6.45) is 5.69. The molecule has 0 saturated heterocycles. The summed E-state index contributed by atoms with van der Waals surface area (Å²) in [6, 6.07) is 20.6. The van der Waals surface area contributed by atoms with Crippen molar-refractivity contribution in [3.8, 4) is 0 Å². The number of ether oxygens (including phenoxy) is 1. The number of aromatic nitrogens is 1. The second kappa shape index (κ2) is 15.2. The van der Waals surface area contributed by atoms with Crippen LogP contribution in [0.2, 0.25) is 0 Å². The number of aliphatic hydroxyl groups is 1. The second-order valence-corrected chi connectivity index (χ2v) is 12.2. The number of unbranched alkanes of at least 4 members (excludes halogenated alkanes) is 1. The number of nitrogens with zero attached hydrogens (tertiary/aromatic N) is 2. The van der Waals surface area contributed by atoms with Gasteiger partial charge in [0, 0.05) is 36.7 Å². The van der Waals surface area contributed by atoms with Gasteiger partial charge in [-0.25, -0.2) is 0 Å². The zero-order valence-corrected chi connectivity index (χ0v) is 25.6. The number of amides is 1. The minimum Gasteiger partial charge on any atom is -0.467 e. The normalized spacial score (nSPS) is 12.7. The van der Waals surface area contributed by atoms with E-state index in [9.17, 15) is 9.90 Å². The summed E-state index contributed by atoms with van der Waals surface area (Å²) in [5.41, 5.74) is 4.78. The third-order valence-corrected chi connectivity index (χ3v) is 7.66. The standard InChI is InChI=1S/C35H47N3O4/c1-5-6-18-37(23-30(39)25-41-26-31-10-9-20-42-31)24-34(40)38(22-27-13-15-29(16-14-27)35(2,3)4)19-17-28-21-36-33-12-8-7-11-32(28)33/h7-16,20-21,30,36,39H,5-6,17-19,22-26H2,1-4H3. The topological polar surface area (TPSA) is 81.9 Å². The Kier molecular flexibility index (Phi) is 11.4. The summed E-state index contributed by atoms with van der Waals surface area (Å²) >= 11 is 0. The number of nitrogens with one attached hydrogen (secondary N) is 1. The molecule has 1 unspecified atom stereocenters. The molecule has 0 spiro atoms. The molecule has 2 aromatic heterocycles. The van der Waals surface area contributed by atoms with E-state index in [2.05, 4.69) is 86.2 Å². The van der Waals surface area contributed by atoms with E-state index >= 15 is 0 Å². The lowest BCUT2D eigenvalue weighted by Gasteiger charge is -2.29. The van der Waals surface area contributed by atoms with Gasteiger partial charge in [-0.1, -0.05) is 76.6 Å². The van der Waals surface area contributed by atoms with Crippen LogP contribution in [0.4, 0.5) is 0 Å². The summed E-state index contributed by atoms with van der Waals surface area (Å²) in [4.78, 5) is 21.3. The lowest BCUT2D eigenvalue weighted by atomic mass is 9.87. The van der Waals surface area contributed by atoms with Crippen LogP contribution < -0.4 is 0 Å². The quantitative estimate of drug-likeness (QED) is 0.164. The number of carbonyl (C=O) groups is 1. The zero-order chi connectivity index (χ0) is 30.0. The van der Waals surface area contributed by atoms with Crippen molar-refractivity contribution in [1.82, 2.24) is 14.8 Å². The molecule has 0 fully saturated rings. The Balaban J connectivity index is 1.43. The predicted octanol–water partition coefficient (Wildman–Crippen LogP) is 6.31. The third-order valence-electron chi connectivity index (χ3n) is 7.66. The molecule has 0 aliphatic heterocycles. The van der Waals surface area contributed by atoms with E-state index in [0.717, 1.165) is 42.6 Å². The van der Waals surface area contributed by atoms with Gasteiger partial charge in [-0.2, -0.15) is 0 Å². The number of aromatic amines is 1. The van der Waals surface area contributed by atoms with Crippen molar-refractivity contribution in [2.75, 3.05) is 32.8 Å². The highest BCUT2D eigenvalue weighted by Gasteiger charge is 2.21. The molecule has 42 heavy (non-hydrogen) atoms. The highest BCUT2D eigenvalue weighted by molar-refractivity contribution is 5.83. The van der Waals surface area contributed by atoms with E-state index in [1.807, 2.05) is 23.1 Å². The molecular formula is C35H47N3O4. The van der Waals surface area contributed by atoms with Gasteiger partial charge >= 0.3 is 0 Å². The fraction of sp³-hybridized carbons (Fsp3) is 0.457. The van der Waals surface area contributed by atoms with Crippen LogP contribution >= 0.6 is 0 Å². The SMILES string of the molecule is CCCCN(CC(=O)N(CCc1c[nH]c2ccccc12)Cc1ccc(C(C)(C)C)cc1)CC(O)COCc1ccco1. The fourth-order valence-electron chi connectivity index (χ4n) is 5.17. The number of rotatable bonds is 16. The average molecular weight is 574 g/mol. The minimum atomic E-state index is -0.700. The first-order chi connectivity index (χ1) is 20.2. The van der Waals surface area contributed by atoms with Gasteiger partial charge in [0.25, 0.3) is 0 Å². The molecule has 1 amide bonds. The lowest BCUT2D eigenvalue weighted by Crippen LogP contribution is -2.44. The minimum absolute atomic E-state index is 0.0644.